The van der Waals surface area contributed by atoms with Gasteiger partial charge in [-0.05, 0) is 25.7 Å². The number of hydrogen-bond donors (Lipinski definition) is 0. The quantitative estimate of drug-likeness (QED) is 0.462. The summed E-state index contributed by atoms with van der Waals surface area (Å²) in [5.74, 6) is -2.04. The van der Waals surface area contributed by atoms with Crippen molar-refractivity contribution in [3.05, 3.63) is 0 Å². The molecule has 0 rings (SSSR count). The molecule has 0 aliphatic rings. The molecule has 0 atom stereocenters. The van der Waals surface area contributed by atoms with Crippen molar-refractivity contribution < 1.29 is 19.8 Å². The Morgan fingerprint density at radius 3 is 1.31 bits per heavy atom. The van der Waals surface area contributed by atoms with E-state index in [9.17, 15) is 19.8 Å². The number of carbonyl (C=O) groups excluding carboxylic acids is 2. The van der Waals surface area contributed by atoms with Gasteiger partial charge in [0, 0.05) is 11.9 Å². The summed E-state index contributed by atoms with van der Waals surface area (Å²) < 4.78 is 0. The van der Waals surface area contributed by atoms with Crippen LogP contribution in [0.5, 0.6) is 0 Å². The van der Waals surface area contributed by atoms with Gasteiger partial charge in [0.05, 0.1) is 0 Å². The molecule has 16 heavy (non-hydrogen) atoms. The summed E-state index contributed by atoms with van der Waals surface area (Å²) in [7, 11) is 0. The van der Waals surface area contributed by atoms with Crippen molar-refractivity contribution in [3.63, 3.8) is 0 Å². The molecule has 0 aliphatic heterocycles. The molecule has 0 aliphatic carbocycles. The monoisotopic (exact) mass is 336 g/mol. The third kappa shape index (κ3) is 23.5. The molecular formula is C11H20O4Sn. The predicted molar refractivity (Wildman–Crippen MR) is 59.8 cm³/mol. The van der Waals surface area contributed by atoms with Gasteiger partial charge in [-0.15, -0.1) is 0 Å². The van der Waals surface area contributed by atoms with Gasteiger partial charge in [0.25, 0.3) is 0 Å². The first-order chi connectivity index (χ1) is 7.54. The van der Waals surface area contributed by atoms with Gasteiger partial charge in [-0.2, -0.15) is 0 Å². The van der Waals surface area contributed by atoms with E-state index in [-0.39, 0.29) is 34.0 Å². The number of unbranched alkanes of at least 4 members (excludes halogenated alkanes) is 4. The maximum absolute atomic E-state index is 9.98. The van der Waals surface area contributed by atoms with Crippen molar-refractivity contribution >= 4 is 33.1 Å². The molecule has 0 amide bonds. The van der Waals surface area contributed by atoms with Crippen LogP contribution in [0.15, 0.2) is 0 Å². The first-order valence-corrected chi connectivity index (χ1v) is 11.2. The zero-order chi connectivity index (χ0) is 12.8. The number of rotatable bonds is 8. The van der Waals surface area contributed by atoms with Gasteiger partial charge < -0.3 is 19.8 Å². The second kappa shape index (κ2) is 14.7. The fourth-order valence-corrected chi connectivity index (χ4v) is 1.07. The topological polar surface area (TPSA) is 80.3 Å². The third-order valence-electron chi connectivity index (χ3n) is 1.76. The van der Waals surface area contributed by atoms with Crippen molar-refractivity contribution in [2.75, 3.05) is 0 Å². The van der Waals surface area contributed by atoms with Gasteiger partial charge in [-0.1, -0.05) is 19.3 Å². The van der Waals surface area contributed by atoms with Gasteiger partial charge in [0.2, 0.25) is 0 Å². The van der Waals surface area contributed by atoms with Crippen LogP contribution in [0.4, 0.5) is 0 Å². The van der Waals surface area contributed by atoms with Gasteiger partial charge in [0.15, 0.2) is 0 Å². The molecule has 5 heteroatoms. The molecule has 0 spiro atoms. The first kappa shape index (κ1) is 18.1. The Hall–Kier alpha value is -0.261. The molecule has 0 saturated heterocycles. The van der Waals surface area contributed by atoms with Crippen LogP contribution in [0.25, 0.3) is 0 Å². The van der Waals surface area contributed by atoms with Gasteiger partial charge in [-0.25, -0.2) is 0 Å². The molecule has 0 radical (unpaired) electrons. The van der Waals surface area contributed by atoms with Crippen molar-refractivity contribution in [1.29, 1.82) is 0 Å². The van der Waals surface area contributed by atoms with E-state index in [1.807, 2.05) is 0 Å². The van der Waals surface area contributed by atoms with Crippen LogP contribution in [0.2, 0.25) is 9.88 Å². The van der Waals surface area contributed by atoms with Crippen molar-refractivity contribution in [3.8, 4) is 0 Å². The molecule has 0 bridgehead atoms. The first-order valence-electron chi connectivity index (χ1n) is 5.52. The van der Waals surface area contributed by atoms with Gasteiger partial charge >= 0.3 is 31.0 Å². The minimum absolute atomic E-state index is 0.0977. The van der Waals surface area contributed by atoms with E-state index < -0.39 is 11.9 Å². The van der Waals surface area contributed by atoms with E-state index in [4.69, 9.17) is 0 Å². The van der Waals surface area contributed by atoms with Crippen LogP contribution in [0, 0.1) is 0 Å². The van der Waals surface area contributed by atoms with Crippen molar-refractivity contribution in [2.45, 2.75) is 54.8 Å². The van der Waals surface area contributed by atoms with E-state index in [0.29, 0.717) is 12.8 Å². The van der Waals surface area contributed by atoms with Crippen molar-refractivity contribution in [2.24, 2.45) is 0 Å². The second-order valence-corrected chi connectivity index (χ2v) is 6.37. The number of carbonyl (C=O) groups is 2. The van der Waals surface area contributed by atoms with E-state index in [0.717, 1.165) is 19.3 Å². The Balaban J connectivity index is 0. The average Bonchev–Trinajstić information content (AvgIpc) is 2.16. The summed E-state index contributed by atoms with van der Waals surface area (Å²) >= 11 is 0.230. The Bertz CT molecular complexity index is 165. The SMILES string of the molecule is O=C([O-])CCCCCCCC(=O)[O-].[CH3][Sn+2][CH3]. The van der Waals surface area contributed by atoms with Gasteiger partial charge in [0.1, 0.15) is 0 Å². The van der Waals surface area contributed by atoms with E-state index in [1.165, 1.54) is 0 Å². The molecule has 0 fully saturated rings. The molecule has 0 aromatic heterocycles. The standard InChI is InChI=1S/C9H16O4.2CH3.Sn/c10-8(11)6-4-2-1-3-5-7-9(12)13;;;/h1-7H2,(H,10,11)(H,12,13);2*1H3;/q;;;+2/p-2. The number of carboxylic acid groups (broad SMARTS) is 2. The Morgan fingerprint density at radius 2 is 1.06 bits per heavy atom. The molecule has 0 unspecified atom stereocenters. The Morgan fingerprint density at radius 1 is 0.812 bits per heavy atom. The van der Waals surface area contributed by atoms with Crippen LogP contribution in [-0.4, -0.2) is 33.1 Å². The average molecular weight is 335 g/mol. The number of aliphatic carboxylic acids is 2. The summed E-state index contributed by atoms with van der Waals surface area (Å²) in [6.07, 6.45) is 3.95. The van der Waals surface area contributed by atoms with Crippen LogP contribution < -0.4 is 10.2 Å². The normalized spacial score (nSPS) is 8.62. The van der Waals surface area contributed by atoms with E-state index >= 15 is 0 Å². The van der Waals surface area contributed by atoms with Crippen LogP contribution in [0.1, 0.15) is 44.9 Å². The summed E-state index contributed by atoms with van der Waals surface area (Å²) in [4.78, 5) is 24.6. The predicted octanol–water partition coefficient (Wildman–Crippen LogP) is 0.00370. The Kier molecular flexibility index (Phi) is 16.7. The fraction of sp³-hybridized carbons (Fsp3) is 0.818. The maximum atomic E-state index is 9.98. The molecule has 92 valence electrons. The van der Waals surface area contributed by atoms with Gasteiger partial charge in [-0.3, -0.25) is 0 Å². The summed E-state index contributed by atoms with van der Waals surface area (Å²) in [5.41, 5.74) is 0. The molecule has 0 aromatic rings. The molecule has 0 N–H and O–H groups in total. The summed E-state index contributed by atoms with van der Waals surface area (Å²) in [6, 6.07) is 0. The van der Waals surface area contributed by atoms with Crippen LogP contribution >= 0.6 is 0 Å². The second-order valence-electron chi connectivity index (χ2n) is 3.51. The van der Waals surface area contributed by atoms with Crippen molar-refractivity contribution in [1.82, 2.24) is 0 Å². The summed E-state index contributed by atoms with van der Waals surface area (Å²) in [6.45, 7) is 0. The number of carboxylic acids is 2. The Labute approximate surface area is 108 Å². The zero-order valence-electron chi connectivity index (χ0n) is 10.1. The fourth-order valence-electron chi connectivity index (χ4n) is 1.07. The molecule has 4 nitrogen and oxygen atoms in total. The third-order valence-corrected chi connectivity index (χ3v) is 1.76. The molecular weight excluding hydrogens is 315 g/mol. The minimum atomic E-state index is -1.02. The zero-order valence-corrected chi connectivity index (χ0v) is 12.9. The molecule has 0 saturated carbocycles. The molecule has 0 aromatic carbocycles. The summed E-state index contributed by atoms with van der Waals surface area (Å²) in [5, 5.41) is 20.0. The van der Waals surface area contributed by atoms with E-state index in [2.05, 4.69) is 9.88 Å². The van der Waals surface area contributed by atoms with E-state index in [1.54, 1.807) is 0 Å². The van der Waals surface area contributed by atoms with Crippen LogP contribution in [-0.2, 0) is 9.59 Å². The van der Waals surface area contributed by atoms with Crippen LogP contribution in [0.3, 0.4) is 0 Å². The molecule has 0 heterocycles. The number of hydrogen-bond acceptors (Lipinski definition) is 4.